The fourth-order valence-corrected chi connectivity index (χ4v) is 1.83. The van der Waals surface area contributed by atoms with Crippen molar-refractivity contribution in [1.82, 2.24) is 5.32 Å². The molecule has 0 radical (unpaired) electrons. The van der Waals surface area contributed by atoms with E-state index in [1.54, 1.807) is 31.2 Å². The summed E-state index contributed by atoms with van der Waals surface area (Å²) in [7, 11) is 0. The second-order valence-corrected chi connectivity index (χ2v) is 4.67. The standard InChI is InChI=1S/C13H17NO3S/c1-3-8(2)11(13(16)17)14-12(15)9-6-4-5-7-10(9)18/h4-8,11,18H,3H2,1-2H3,(H,14,15)(H,16,17). The Kier molecular flexibility index (Phi) is 5.22. The molecule has 18 heavy (non-hydrogen) atoms. The summed E-state index contributed by atoms with van der Waals surface area (Å²) in [5.41, 5.74) is 0.385. The predicted molar refractivity (Wildman–Crippen MR) is 72.0 cm³/mol. The van der Waals surface area contributed by atoms with Gasteiger partial charge in [0, 0.05) is 4.90 Å². The first kappa shape index (κ1) is 14.6. The Labute approximate surface area is 112 Å². The van der Waals surface area contributed by atoms with E-state index in [2.05, 4.69) is 17.9 Å². The van der Waals surface area contributed by atoms with Crippen LogP contribution in [0.15, 0.2) is 29.2 Å². The molecule has 0 fully saturated rings. The molecule has 1 rings (SSSR count). The lowest BCUT2D eigenvalue weighted by molar-refractivity contribution is -0.140. The van der Waals surface area contributed by atoms with Crippen molar-refractivity contribution in [3.63, 3.8) is 0 Å². The Morgan fingerprint density at radius 2 is 2.00 bits per heavy atom. The van der Waals surface area contributed by atoms with Crippen LogP contribution in [0.3, 0.4) is 0 Å². The van der Waals surface area contributed by atoms with E-state index in [0.29, 0.717) is 16.9 Å². The van der Waals surface area contributed by atoms with Crippen LogP contribution in [0.25, 0.3) is 0 Å². The van der Waals surface area contributed by atoms with Crippen LogP contribution in [0.4, 0.5) is 0 Å². The Hall–Kier alpha value is -1.49. The molecular formula is C13H17NO3S. The fourth-order valence-electron chi connectivity index (χ4n) is 1.57. The second-order valence-electron chi connectivity index (χ2n) is 4.19. The highest BCUT2D eigenvalue weighted by molar-refractivity contribution is 7.80. The number of thiol groups is 1. The zero-order chi connectivity index (χ0) is 13.7. The second kappa shape index (κ2) is 6.44. The molecule has 2 unspecified atom stereocenters. The van der Waals surface area contributed by atoms with Gasteiger partial charge < -0.3 is 10.4 Å². The third-order valence-electron chi connectivity index (χ3n) is 2.91. The van der Waals surface area contributed by atoms with E-state index in [9.17, 15) is 9.59 Å². The molecule has 0 aliphatic rings. The summed E-state index contributed by atoms with van der Waals surface area (Å²) in [5, 5.41) is 11.6. The van der Waals surface area contributed by atoms with Gasteiger partial charge >= 0.3 is 5.97 Å². The molecule has 5 heteroatoms. The summed E-state index contributed by atoms with van der Waals surface area (Å²) in [6, 6.07) is 5.91. The van der Waals surface area contributed by atoms with Gasteiger partial charge in [-0.15, -0.1) is 12.6 Å². The van der Waals surface area contributed by atoms with E-state index in [0.717, 1.165) is 0 Å². The molecule has 1 amide bonds. The SMILES string of the molecule is CCC(C)C(NC(=O)c1ccccc1S)C(=O)O. The first-order chi connectivity index (χ1) is 8.47. The minimum absolute atomic E-state index is 0.126. The summed E-state index contributed by atoms with van der Waals surface area (Å²) >= 11 is 4.18. The van der Waals surface area contributed by atoms with Crippen LogP contribution in [0.2, 0.25) is 0 Å². The number of carboxylic acid groups (broad SMARTS) is 1. The highest BCUT2D eigenvalue weighted by Gasteiger charge is 2.26. The molecule has 0 spiro atoms. The maximum Gasteiger partial charge on any atom is 0.326 e. The van der Waals surface area contributed by atoms with Crippen molar-refractivity contribution in [3.05, 3.63) is 29.8 Å². The minimum atomic E-state index is -1.02. The number of carbonyl (C=O) groups is 2. The van der Waals surface area contributed by atoms with Gasteiger partial charge in [-0.05, 0) is 18.1 Å². The van der Waals surface area contributed by atoms with Gasteiger partial charge in [0.25, 0.3) is 5.91 Å². The summed E-state index contributed by atoms with van der Waals surface area (Å²) in [4.78, 5) is 23.6. The topological polar surface area (TPSA) is 66.4 Å². The maximum absolute atomic E-state index is 12.0. The molecule has 2 N–H and O–H groups in total. The van der Waals surface area contributed by atoms with Crippen LogP contribution in [0, 0.1) is 5.92 Å². The van der Waals surface area contributed by atoms with Crippen molar-refractivity contribution in [1.29, 1.82) is 0 Å². The van der Waals surface area contributed by atoms with Crippen molar-refractivity contribution < 1.29 is 14.7 Å². The zero-order valence-electron chi connectivity index (χ0n) is 10.4. The lowest BCUT2D eigenvalue weighted by atomic mass is 9.99. The maximum atomic E-state index is 12.0. The van der Waals surface area contributed by atoms with E-state index in [1.807, 2.05) is 6.92 Å². The Bertz CT molecular complexity index is 448. The molecule has 0 aliphatic heterocycles. The van der Waals surface area contributed by atoms with E-state index in [1.165, 1.54) is 0 Å². The third kappa shape index (κ3) is 3.50. The summed E-state index contributed by atoms with van der Waals surface area (Å²) in [5.74, 6) is -1.55. The molecule has 0 saturated carbocycles. The van der Waals surface area contributed by atoms with Crippen molar-refractivity contribution in [2.75, 3.05) is 0 Å². The predicted octanol–water partition coefficient (Wildman–Crippen LogP) is 2.20. The van der Waals surface area contributed by atoms with E-state index < -0.39 is 17.9 Å². The number of hydrogen-bond acceptors (Lipinski definition) is 3. The zero-order valence-corrected chi connectivity index (χ0v) is 11.3. The first-order valence-electron chi connectivity index (χ1n) is 5.79. The van der Waals surface area contributed by atoms with Crippen LogP contribution in [0.1, 0.15) is 30.6 Å². The quantitative estimate of drug-likeness (QED) is 0.717. The van der Waals surface area contributed by atoms with Crippen molar-refractivity contribution >= 4 is 24.5 Å². The minimum Gasteiger partial charge on any atom is -0.480 e. The van der Waals surface area contributed by atoms with Gasteiger partial charge in [0.2, 0.25) is 0 Å². The molecular weight excluding hydrogens is 250 g/mol. The van der Waals surface area contributed by atoms with Crippen LogP contribution in [0.5, 0.6) is 0 Å². The largest absolute Gasteiger partial charge is 0.480 e. The van der Waals surface area contributed by atoms with Crippen molar-refractivity contribution in [2.45, 2.75) is 31.2 Å². The summed E-state index contributed by atoms with van der Waals surface area (Å²) in [6.07, 6.45) is 0.680. The van der Waals surface area contributed by atoms with E-state index >= 15 is 0 Å². The van der Waals surface area contributed by atoms with E-state index in [-0.39, 0.29) is 5.92 Å². The molecule has 0 aliphatic carbocycles. The van der Waals surface area contributed by atoms with Crippen molar-refractivity contribution in [3.8, 4) is 0 Å². The molecule has 0 heterocycles. The Morgan fingerprint density at radius 3 is 2.50 bits per heavy atom. The van der Waals surface area contributed by atoms with Crippen LogP contribution in [-0.4, -0.2) is 23.0 Å². The van der Waals surface area contributed by atoms with Gasteiger partial charge in [0.15, 0.2) is 0 Å². The van der Waals surface area contributed by atoms with Gasteiger partial charge in [0.05, 0.1) is 5.56 Å². The number of carbonyl (C=O) groups excluding carboxylic acids is 1. The van der Waals surface area contributed by atoms with Crippen molar-refractivity contribution in [2.24, 2.45) is 5.92 Å². The van der Waals surface area contributed by atoms with Gasteiger partial charge in [-0.25, -0.2) is 4.79 Å². The first-order valence-corrected chi connectivity index (χ1v) is 6.23. The number of aliphatic carboxylic acids is 1. The van der Waals surface area contributed by atoms with Gasteiger partial charge in [-0.1, -0.05) is 32.4 Å². The molecule has 0 bridgehead atoms. The number of benzene rings is 1. The Morgan fingerprint density at radius 1 is 1.39 bits per heavy atom. The molecule has 0 saturated heterocycles. The molecule has 1 aromatic rings. The third-order valence-corrected chi connectivity index (χ3v) is 3.30. The number of amides is 1. The molecule has 2 atom stereocenters. The monoisotopic (exact) mass is 267 g/mol. The molecule has 4 nitrogen and oxygen atoms in total. The highest BCUT2D eigenvalue weighted by atomic mass is 32.1. The van der Waals surface area contributed by atoms with Crippen LogP contribution < -0.4 is 5.32 Å². The summed E-state index contributed by atoms with van der Waals surface area (Å²) in [6.45, 7) is 3.69. The fraction of sp³-hybridized carbons (Fsp3) is 0.385. The van der Waals surface area contributed by atoms with Crippen LogP contribution in [-0.2, 0) is 4.79 Å². The lowest BCUT2D eigenvalue weighted by Crippen LogP contribution is -2.45. The van der Waals surface area contributed by atoms with Crippen LogP contribution >= 0.6 is 12.6 Å². The average Bonchev–Trinajstić information content (AvgIpc) is 2.35. The van der Waals surface area contributed by atoms with Gasteiger partial charge in [0.1, 0.15) is 6.04 Å². The van der Waals surface area contributed by atoms with Gasteiger partial charge in [-0.2, -0.15) is 0 Å². The number of nitrogens with one attached hydrogen (secondary N) is 1. The summed E-state index contributed by atoms with van der Waals surface area (Å²) < 4.78 is 0. The smallest absolute Gasteiger partial charge is 0.326 e. The average molecular weight is 267 g/mol. The highest BCUT2D eigenvalue weighted by Crippen LogP contribution is 2.14. The molecule has 0 aromatic heterocycles. The number of hydrogen-bond donors (Lipinski definition) is 3. The molecule has 98 valence electrons. The van der Waals surface area contributed by atoms with Gasteiger partial charge in [-0.3, -0.25) is 4.79 Å². The molecule has 1 aromatic carbocycles. The number of rotatable bonds is 5. The Balaban J connectivity index is 2.86. The lowest BCUT2D eigenvalue weighted by Gasteiger charge is -2.20. The normalized spacial score (nSPS) is 13.7. The van der Waals surface area contributed by atoms with E-state index in [4.69, 9.17) is 5.11 Å². The number of carboxylic acids is 1.